The maximum absolute atomic E-state index is 6.48. The van der Waals surface area contributed by atoms with E-state index in [9.17, 15) is 0 Å². The first kappa shape index (κ1) is 28.2. The summed E-state index contributed by atoms with van der Waals surface area (Å²) in [5.74, 6) is 0.638. The summed E-state index contributed by atoms with van der Waals surface area (Å²) in [6.07, 6.45) is 5.97. The van der Waals surface area contributed by atoms with Crippen LogP contribution in [0, 0.1) is 0 Å². The van der Waals surface area contributed by atoms with Crippen molar-refractivity contribution in [2.75, 3.05) is 12.4 Å². The maximum atomic E-state index is 6.48. The number of ether oxygens (including phenoxy) is 4. The third-order valence-corrected chi connectivity index (χ3v) is 8.32. The van der Waals surface area contributed by atoms with E-state index < -0.39 is 17.6 Å². The molecule has 7 rings (SSSR count). The van der Waals surface area contributed by atoms with Gasteiger partial charge in [0.1, 0.15) is 35.9 Å². The van der Waals surface area contributed by atoms with Crippen molar-refractivity contribution in [3.05, 3.63) is 126 Å². The lowest BCUT2D eigenvalue weighted by atomic mass is 9.77. The van der Waals surface area contributed by atoms with E-state index in [4.69, 9.17) is 28.9 Å². The molecule has 0 bridgehead atoms. The van der Waals surface area contributed by atoms with Gasteiger partial charge in [-0.15, -0.1) is 0 Å². The Morgan fingerprint density at radius 1 is 0.841 bits per heavy atom. The lowest BCUT2D eigenvalue weighted by Gasteiger charge is -2.37. The van der Waals surface area contributed by atoms with Gasteiger partial charge >= 0.3 is 0 Å². The molecule has 9 heteroatoms. The molecule has 2 aliphatic heterocycles. The van der Waals surface area contributed by atoms with Crippen LogP contribution in [0.2, 0.25) is 0 Å². The Bertz CT molecular complexity index is 1730. The van der Waals surface area contributed by atoms with Gasteiger partial charge in [-0.2, -0.15) is 0 Å². The molecule has 5 aromatic rings. The van der Waals surface area contributed by atoms with Crippen LogP contribution in [0.3, 0.4) is 0 Å². The number of allylic oxidation sites excluding steroid dienone is 1. The molecule has 44 heavy (non-hydrogen) atoms. The predicted octanol–water partition coefficient (Wildman–Crippen LogP) is 6.23. The molecule has 4 heterocycles. The molecule has 0 saturated carbocycles. The van der Waals surface area contributed by atoms with E-state index in [1.165, 1.54) is 0 Å². The highest BCUT2D eigenvalue weighted by Crippen LogP contribution is 2.45. The monoisotopic (exact) mass is 589 g/mol. The third kappa shape index (κ3) is 4.73. The zero-order chi connectivity index (χ0) is 30.3. The number of imidazole rings is 1. The topological polar surface area (TPSA) is 92.6 Å². The second-order valence-electron chi connectivity index (χ2n) is 11.5. The minimum Gasteiger partial charge on any atom is -0.497 e. The van der Waals surface area contributed by atoms with Crippen molar-refractivity contribution in [1.82, 2.24) is 19.5 Å². The van der Waals surface area contributed by atoms with E-state index in [0.29, 0.717) is 17.0 Å². The molecular weight excluding hydrogens is 554 g/mol. The number of benzene rings is 3. The van der Waals surface area contributed by atoms with Crippen molar-refractivity contribution in [2.24, 2.45) is 0 Å². The van der Waals surface area contributed by atoms with E-state index in [-0.39, 0.29) is 18.3 Å². The third-order valence-electron chi connectivity index (χ3n) is 8.32. The van der Waals surface area contributed by atoms with Crippen LogP contribution in [-0.2, 0) is 19.7 Å². The van der Waals surface area contributed by atoms with Gasteiger partial charge in [0.2, 0.25) is 0 Å². The highest BCUT2D eigenvalue weighted by Gasteiger charge is 2.55. The van der Waals surface area contributed by atoms with Gasteiger partial charge in [0.05, 0.1) is 13.4 Å². The number of hydrogen-bond acceptors (Lipinski definition) is 8. The molecule has 2 aliphatic rings. The molecule has 3 aromatic carbocycles. The summed E-state index contributed by atoms with van der Waals surface area (Å²) in [4.78, 5) is 14.3. The molecule has 0 unspecified atom stereocenters. The number of rotatable bonds is 8. The smallest absolute Gasteiger partial charge is 0.167 e. The van der Waals surface area contributed by atoms with Gasteiger partial charge in [0.25, 0.3) is 0 Å². The second kappa shape index (κ2) is 11.2. The lowest BCUT2D eigenvalue weighted by Crippen LogP contribution is -2.38. The highest BCUT2D eigenvalue weighted by atomic mass is 16.8. The lowest BCUT2D eigenvalue weighted by molar-refractivity contribution is -0.191. The second-order valence-corrected chi connectivity index (χ2v) is 11.5. The first-order chi connectivity index (χ1) is 21.4. The summed E-state index contributed by atoms with van der Waals surface area (Å²) in [5, 5.41) is 3.84. The van der Waals surface area contributed by atoms with Crippen LogP contribution in [-0.4, -0.2) is 50.7 Å². The van der Waals surface area contributed by atoms with Crippen molar-refractivity contribution < 1.29 is 18.9 Å². The minimum absolute atomic E-state index is 0.248. The number of anilines is 1. The summed E-state index contributed by atoms with van der Waals surface area (Å²) in [5.41, 5.74) is 3.51. The Morgan fingerprint density at radius 2 is 1.48 bits per heavy atom. The van der Waals surface area contributed by atoms with Crippen LogP contribution in [0.5, 0.6) is 5.75 Å². The van der Waals surface area contributed by atoms with Crippen LogP contribution in [0.25, 0.3) is 11.2 Å². The average Bonchev–Trinajstić information content (AvgIpc) is 3.72. The molecule has 2 fully saturated rings. The summed E-state index contributed by atoms with van der Waals surface area (Å²) in [6.45, 7) is 5.83. The van der Waals surface area contributed by atoms with E-state index in [1.807, 2.05) is 86.0 Å². The fourth-order valence-electron chi connectivity index (χ4n) is 6.42. The number of methoxy groups -OCH3 is 1. The van der Waals surface area contributed by atoms with Gasteiger partial charge in [0.15, 0.2) is 29.0 Å². The van der Waals surface area contributed by atoms with Crippen LogP contribution in [0.15, 0.2) is 110 Å². The molecule has 0 amide bonds. The summed E-state index contributed by atoms with van der Waals surface area (Å²) < 4.78 is 26.5. The molecule has 0 radical (unpaired) electrons. The first-order valence-electron chi connectivity index (χ1n) is 14.8. The minimum atomic E-state index is -0.821. The largest absolute Gasteiger partial charge is 0.497 e. The van der Waals surface area contributed by atoms with Crippen molar-refractivity contribution in [1.29, 1.82) is 0 Å². The summed E-state index contributed by atoms with van der Waals surface area (Å²) >= 11 is 0. The Labute approximate surface area is 256 Å². The predicted molar refractivity (Wildman–Crippen MR) is 167 cm³/mol. The molecule has 2 aromatic heterocycles. The van der Waals surface area contributed by atoms with E-state index in [0.717, 1.165) is 22.4 Å². The zero-order valence-corrected chi connectivity index (χ0v) is 25.1. The van der Waals surface area contributed by atoms with Crippen LogP contribution in [0.4, 0.5) is 5.82 Å². The van der Waals surface area contributed by atoms with Crippen LogP contribution in [0.1, 0.15) is 43.7 Å². The van der Waals surface area contributed by atoms with Gasteiger partial charge in [-0.05, 0) is 49.6 Å². The number of aromatic nitrogens is 4. The van der Waals surface area contributed by atoms with Gasteiger partial charge in [0, 0.05) is 0 Å². The number of hydrogen-bond donors (Lipinski definition) is 1. The number of nitrogens with one attached hydrogen (secondary N) is 1. The standard InChI is InChI=1S/C35H35N5O4/c1-5-12-27-29-30(44-34(2,3)43-29)33(42-27)40-22-38-28-31(36-21-37-32(28)40)39-35(23-13-8-6-9-14-23,24-15-10-7-11-16-24)25-17-19-26(41-4)20-18-25/h5-22,27,29-30,33H,1-4H3,(H,36,37,39)/t27-,29-,30-,33-/m1/s1. The fraction of sp³-hybridized carbons (Fsp3) is 0.286. The molecule has 0 aliphatic carbocycles. The molecule has 224 valence electrons. The SMILES string of the molecule is CC=C[C@H]1O[C@@H](n2cnc3c(NC(c4ccccc4)(c4ccccc4)c4ccc(OC)cc4)ncnc32)[C@@H]2OC(C)(C)O[C@@H]21. The molecule has 2 saturated heterocycles. The van der Waals surface area contributed by atoms with Gasteiger partial charge in [-0.1, -0.05) is 84.9 Å². The van der Waals surface area contributed by atoms with Crippen LogP contribution < -0.4 is 10.1 Å². The fourth-order valence-corrected chi connectivity index (χ4v) is 6.42. The van der Waals surface area contributed by atoms with E-state index in [1.54, 1.807) is 19.8 Å². The molecule has 9 nitrogen and oxygen atoms in total. The average molecular weight is 590 g/mol. The Hall–Kier alpha value is -4.57. The Kier molecular flexibility index (Phi) is 7.16. The van der Waals surface area contributed by atoms with Crippen LogP contribution >= 0.6 is 0 Å². The van der Waals surface area contributed by atoms with Crippen molar-refractivity contribution in [2.45, 2.75) is 56.6 Å². The zero-order valence-electron chi connectivity index (χ0n) is 25.1. The number of nitrogens with zero attached hydrogens (tertiary/aromatic N) is 4. The van der Waals surface area contributed by atoms with E-state index in [2.05, 4.69) is 46.7 Å². The van der Waals surface area contributed by atoms with Crippen molar-refractivity contribution >= 4 is 17.0 Å². The molecule has 1 N–H and O–H groups in total. The van der Waals surface area contributed by atoms with Crippen molar-refractivity contribution in [3.8, 4) is 5.75 Å². The van der Waals surface area contributed by atoms with Gasteiger partial charge in [-0.25, -0.2) is 15.0 Å². The Morgan fingerprint density at radius 3 is 2.11 bits per heavy atom. The maximum Gasteiger partial charge on any atom is 0.167 e. The number of fused-ring (bicyclic) bond motifs is 2. The Balaban J connectivity index is 1.37. The normalized spacial score (nSPS) is 22.8. The molecular formula is C35H35N5O4. The summed E-state index contributed by atoms with van der Waals surface area (Å²) in [7, 11) is 1.67. The van der Waals surface area contributed by atoms with Crippen molar-refractivity contribution in [3.63, 3.8) is 0 Å². The first-order valence-corrected chi connectivity index (χ1v) is 14.8. The molecule has 0 spiro atoms. The van der Waals surface area contributed by atoms with Gasteiger partial charge in [-0.3, -0.25) is 4.57 Å². The molecule has 4 atom stereocenters. The summed E-state index contributed by atoms with van der Waals surface area (Å²) in [6, 6.07) is 28.8. The van der Waals surface area contributed by atoms with E-state index >= 15 is 0 Å². The quantitative estimate of drug-likeness (QED) is 0.168. The van der Waals surface area contributed by atoms with Gasteiger partial charge < -0.3 is 24.3 Å². The highest BCUT2D eigenvalue weighted by molar-refractivity contribution is 5.84.